The molecule has 0 bridgehead atoms. The molecule has 0 atom stereocenters. The highest BCUT2D eigenvalue weighted by atomic mass is 32.2. The van der Waals surface area contributed by atoms with Crippen molar-refractivity contribution in [3.05, 3.63) is 72.9 Å². The van der Waals surface area contributed by atoms with Crippen LogP contribution < -0.4 is 5.32 Å². The number of pyridine rings is 1. The van der Waals surface area contributed by atoms with Crippen molar-refractivity contribution in [1.29, 1.82) is 0 Å². The molecule has 0 fully saturated rings. The quantitative estimate of drug-likeness (QED) is 0.341. The van der Waals surface area contributed by atoms with E-state index in [0.29, 0.717) is 39.9 Å². The van der Waals surface area contributed by atoms with Gasteiger partial charge in [-0.1, -0.05) is 23.5 Å². The third kappa shape index (κ3) is 5.74. The Balaban J connectivity index is 1.44. The first-order valence-electron chi connectivity index (χ1n) is 9.42. The van der Waals surface area contributed by atoms with Gasteiger partial charge in [-0.05, 0) is 48.5 Å². The van der Waals surface area contributed by atoms with Gasteiger partial charge in [0.05, 0.1) is 18.6 Å². The summed E-state index contributed by atoms with van der Waals surface area (Å²) >= 11 is 1.69. The highest BCUT2D eigenvalue weighted by Gasteiger charge is 2.17. The Morgan fingerprint density at radius 3 is 2.66 bits per heavy atom. The average molecular weight is 474 g/mol. The number of furan rings is 1. The number of benzene rings is 1. The Bertz CT molecular complexity index is 1150. The molecule has 164 valence electrons. The molecule has 3 heterocycles. The summed E-state index contributed by atoms with van der Waals surface area (Å²) in [6, 6.07) is 13.6. The summed E-state index contributed by atoms with van der Waals surface area (Å²) in [6.45, 7) is 0.400. The van der Waals surface area contributed by atoms with E-state index in [1.807, 2.05) is 22.8 Å². The molecule has 0 spiro atoms. The molecular weight excluding hydrogens is 456 g/mol. The lowest BCUT2D eigenvalue weighted by Gasteiger charge is -2.09. The van der Waals surface area contributed by atoms with Gasteiger partial charge in [0.25, 0.3) is 5.76 Å². The second kappa shape index (κ2) is 10.4. The van der Waals surface area contributed by atoms with E-state index in [1.54, 1.807) is 49.0 Å². The Hall–Kier alpha value is -3.18. The van der Waals surface area contributed by atoms with Gasteiger partial charge < -0.3 is 9.73 Å². The summed E-state index contributed by atoms with van der Waals surface area (Å²) in [7, 11) is 0. The zero-order valence-corrected chi connectivity index (χ0v) is 18.2. The number of thioether (sulfide) groups is 2. The van der Waals surface area contributed by atoms with Gasteiger partial charge in [0.1, 0.15) is 5.76 Å². The van der Waals surface area contributed by atoms with E-state index in [0.717, 1.165) is 11.3 Å². The lowest BCUT2D eigenvalue weighted by atomic mass is 10.2. The Morgan fingerprint density at radius 2 is 1.97 bits per heavy atom. The Kier molecular flexibility index (Phi) is 7.17. The molecule has 0 unspecified atom stereocenters. The maximum atomic E-state index is 12.4. The number of halogens is 2. The van der Waals surface area contributed by atoms with Gasteiger partial charge in [0.15, 0.2) is 11.0 Å². The number of hydrogen-bond donors (Lipinski definition) is 1. The molecule has 11 heteroatoms. The summed E-state index contributed by atoms with van der Waals surface area (Å²) in [4.78, 5) is 17.0. The van der Waals surface area contributed by atoms with Crippen molar-refractivity contribution in [2.75, 3.05) is 11.1 Å². The van der Waals surface area contributed by atoms with Crippen molar-refractivity contribution in [3.63, 3.8) is 0 Å². The van der Waals surface area contributed by atoms with Gasteiger partial charge in [-0.25, -0.2) is 0 Å². The number of anilines is 1. The second-order valence-corrected chi connectivity index (χ2v) is 8.46. The van der Waals surface area contributed by atoms with Crippen LogP contribution in [0.2, 0.25) is 0 Å². The van der Waals surface area contributed by atoms with Gasteiger partial charge in [-0.3, -0.25) is 14.3 Å². The molecule has 0 aliphatic heterocycles. The first-order chi connectivity index (χ1) is 15.6. The minimum absolute atomic E-state index is 0.0941. The van der Waals surface area contributed by atoms with Crippen LogP contribution in [0.3, 0.4) is 0 Å². The van der Waals surface area contributed by atoms with Gasteiger partial charge in [-0.2, -0.15) is 8.78 Å². The number of rotatable bonds is 9. The lowest BCUT2D eigenvalue weighted by Crippen LogP contribution is -2.14. The van der Waals surface area contributed by atoms with E-state index in [-0.39, 0.29) is 11.7 Å². The molecule has 0 saturated carbocycles. The molecule has 1 aromatic carbocycles. The van der Waals surface area contributed by atoms with E-state index >= 15 is 0 Å². The maximum absolute atomic E-state index is 12.4. The molecule has 0 aliphatic rings. The summed E-state index contributed by atoms with van der Waals surface area (Å²) in [5.41, 5.74) is 1.33. The van der Waals surface area contributed by atoms with Crippen LogP contribution >= 0.6 is 23.5 Å². The zero-order chi connectivity index (χ0) is 22.3. The minimum atomic E-state index is -2.48. The van der Waals surface area contributed by atoms with E-state index in [2.05, 4.69) is 20.5 Å². The number of carbonyl (C=O) groups is 1. The predicted octanol–water partition coefficient (Wildman–Crippen LogP) is 5.03. The third-order valence-corrected chi connectivity index (χ3v) is 5.92. The largest absolute Gasteiger partial charge is 0.467 e. The van der Waals surface area contributed by atoms with Gasteiger partial charge in [0, 0.05) is 28.5 Å². The number of aromatic nitrogens is 4. The van der Waals surface area contributed by atoms with Crippen molar-refractivity contribution < 1.29 is 18.0 Å². The number of nitrogens with zero attached hydrogens (tertiary/aromatic N) is 4. The molecule has 1 amide bonds. The van der Waals surface area contributed by atoms with Crippen LogP contribution in [-0.4, -0.2) is 37.2 Å². The number of nitrogens with one attached hydrogen (secondary N) is 1. The molecule has 4 aromatic rings. The second-order valence-electron chi connectivity index (χ2n) is 6.45. The SMILES string of the molecule is O=C(CSc1nnc(-c2cccnc2)n1Cc1ccco1)Nc1ccc(SC(F)F)cc1. The summed E-state index contributed by atoms with van der Waals surface area (Å²) in [5, 5.41) is 11.8. The number of amides is 1. The van der Waals surface area contributed by atoms with Crippen LogP contribution in [0.25, 0.3) is 11.4 Å². The molecule has 32 heavy (non-hydrogen) atoms. The first kappa shape index (κ1) is 22.0. The van der Waals surface area contributed by atoms with Crippen LogP contribution in [0.1, 0.15) is 5.76 Å². The zero-order valence-electron chi connectivity index (χ0n) is 16.5. The summed E-state index contributed by atoms with van der Waals surface area (Å²) in [5.74, 6) is -1.30. The summed E-state index contributed by atoms with van der Waals surface area (Å²) < 4.78 is 32.2. The summed E-state index contributed by atoms with van der Waals surface area (Å²) in [6.07, 6.45) is 4.96. The van der Waals surface area contributed by atoms with Crippen LogP contribution in [0, 0.1) is 0 Å². The first-order valence-corrected chi connectivity index (χ1v) is 11.3. The molecule has 3 aromatic heterocycles. The van der Waals surface area contributed by atoms with Crippen molar-refractivity contribution in [1.82, 2.24) is 19.7 Å². The van der Waals surface area contributed by atoms with E-state index < -0.39 is 5.76 Å². The highest BCUT2D eigenvalue weighted by molar-refractivity contribution is 8.00. The van der Waals surface area contributed by atoms with Crippen LogP contribution in [0.4, 0.5) is 14.5 Å². The fourth-order valence-electron chi connectivity index (χ4n) is 2.85. The fourth-order valence-corrected chi connectivity index (χ4v) is 4.09. The van der Waals surface area contributed by atoms with Crippen LogP contribution in [0.15, 0.2) is 81.7 Å². The Labute approximate surface area is 190 Å². The van der Waals surface area contributed by atoms with E-state index in [9.17, 15) is 13.6 Å². The molecular formula is C21H17F2N5O2S2. The molecule has 4 rings (SSSR count). The van der Waals surface area contributed by atoms with Crippen LogP contribution in [0.5, 0.6) is 0 Å². The normalized spacial score (nSPS) is 11.1. The topological polar surface area (TPSA) is 85.8 Å². The standard InChI is InChI=1S/C21H17F2N5O2S2/c22-20(23)32-17-7-5-15(6-8-17)25-18(29)13-31-21-27-26-19(14-3-1-9-24-11-14)28(21)12-16-4-2-10-30-16/h1-11,20H,12-13H2,(H,25,29). The molecule has 0 saturated heterocycles. The lowest BCUT2D eigenvalue weighted by molar-refractivity contribution is -0.113. The third-order valence-electron chi connectivity index (χ3n) is 4.23. The van der Waals surface area contributed by atoms with Crippen molar-refractivity contribution in [2.45, 2.75) is 22.4 Å². The number of hydrogen-bond acceptors (Lipinski definition) is 7. The highest BCUT2D eigenvalue weighted by Crippen LogP contribution is 2.27. The predicted molar refractivity (Wildman–Crippen MR) is 119 cm³/mol. The molecule has 0 radical (unpaired) electrons. The molecule has 0 aliphatic carbocycles. The Morgan fingerprint density at radius 1 is 1.12 bits per heavy atom. The number of alkyl halides is 2. The van der Waals surface area contributed by atoms with Gasteiger partial charge >= 0.3 is 0 Å². The van der Waals surface area contributed by atoms with E-state index in [4.69, 9.17) is 4.42 Å². The monoisotopic (exact) mass is 473 g/mol. The van der Waals surface area contributed by atoms with Crippen molar-refractivity contribution in [2.24, 2.45) is 0 Å². The van der Waals surface area contributed by atoms with Gasteiger partial charge in [-0.15, -0.1) is 10.2 Å². The van der Waals surface area contributed by atoms with Crippen molar-refractivity contribution in [3.8, 4) is 11.4 Å². The van der Waals surface area contributed by atoms with Gasteiger partial charge in [0.2, 0.25) is 5.91 Å². The van der Waals surface area contributed by atoms with Crippen LogP contribution in [-0.2, 0) is 11.3 Å². The molecule has 1 N–H and O–H groups in total. The fraction of sp³-hybridized carbons (Fsp3) is 0.143. The van der Waals surface area contributed by atoms with Crippen molar-refractivity contribution >= 4 is 35.1 Å². The molecule has 7 nitrogen and oxygen atoms in total. The smallest absolute Gasteiger partial charge is 0.288 e. The van der Waals surface area contributed by atoms with E-state index in [1.165, 1.54) is 11.8 Å². The minimum Gasteiger partial charge on any atom is -0.467 e. The number of carbonyl (C=O) groups excluding carboxylic acids is 1. The maximum Gasteiger partial charge on any atom is 0.288 e. The average Bonchev–Trinajstić information content (AvgIpc) is 3.44.